The third-order valence-electron chi connectivity index (χ3n) is 4.94. The molecule has 2 aromatic carbocycles. The fraction of sp³-hybridized carbons (Fsp3) is 0.238. The summed E-state index contributed by atoms with van der Waals surface area (Å²) in [6.45, 7) is 5.12. The number of piperazine rings is 1. The molecule has 4 rings (SSSR count). The van der Waals surface area contributed by atoms with E-state index >= 15 is 0 Å². The number of benzene rings is 2. The molecule has 2 heterocycles. The number of tetrazole rings is 1. The van der Waals surface area contributed by atoms with Crippen molar-refractivity contribution in [2.75, 3.05) is 36.4 Å². The molecule has 8 heteroatoms. The molecule has 0 spiro atoms. The van der Waals surface area contributed by atoms with Crippen molar-refractivity contribution in [3.63, 3.8) is 0 Å². The lowest BCUT2D eigenvalue weighted by Crippen LogP contribution is -2.45. The number of nitrogens with one attached hydrogen (secondary N) is 2. The summed E-state index contributed by atoms with van der Waals surface area (Å²) in [4.78, 5) is 4.90. The van der Waals surface area contributed by atoms with Gasteiger partial charge >= 0.3 is 0 Å². The van der Waals surface area contributed by atoms with Crippen LogP contribution in [-0.2, 0) is 6.54 Å². The Kier molecular flexibility index (Phi) is 5.78. The SMILES string of the molecule is N#CC(=CNc1ccc(N2CCN(Cc3ccccc3)CC2)cc1)c1nn[nH]n1. The van der Waals surface area contributed by atoms with Crippen molar-refractivity contribution in [1.29, 1.82) is 5.26 Å². The Morgan fingerprint density at radius 1 is 1.07 bits per heavy atom. The molecule has 1 fully saturated rings. The zero-order valence-corrected chi connectivity index (χ0v) is 16.0. The van der Waals surface area contributed by atoms with Gasteiger partial charge in [0, 0.05) is 50.3 Å². The van der Waals surface area contributed by atoms with Crippen LogP contribution in [0.25, 0.3) is 5.57 Å². The summed E-state index contributed by atoms with van der Waals surface area (Å²) in [6, 6.07) is 20.9. The predicted molar refractivity (Wildman–Crippen MR) is 112 cm³/mol. The standard InChI is InChI=1S/C21H22N8/c22-14-18(21-24-26-27-25-21)15-23-19-6-8-20(9-7-19)29-12-10-28(11-13-29)16-17-4-2-1-3-5-17/h1-9,15,23H,10-13,16H2,(H,24,25,26,27). The lowest BCUT2D eigenvalue weighted by Gasteiger charge is -2.36. The van der Waals surface area contributed by atoms with E-state index in [0.717, 1.165) is 38.4 Å². The molecular formula is C21H22N8. The minimum absolute atomic E-state index is 0.269. The first-order valence-corrected chi connectivity index (χ1v) is 9.54. The van der Waals surface area contributed by atoms with E-state index in [1.54, 1.807) is 6.20 Å². The van der Waals surface area contributed by atoms with Crippen LogP contribution in [0.1, 0.15) is 11.4 Å². The number of nitrogens with zero attached hydrogens (tertiary/aromatic N) is 6. The van der Waals surface area contributed by atoms with E-state index in [1.807, 2.05) is 12.1 Å². The average molecular weight is 386 g/mol. The Labute approximate surface area is 169 Å². The third kappa shape index (κ3) is 4.78. The molecule has 8 nitrogen and oxygen atoms in total. The first-order valence-electron chi connectivity index (χ1n) is 9.54. The second-order valence-electron chi connectivity index (χ2n) is 6.85. The second kappa shape index (κ2) is 8.99. The molecule has 3 aromatic rings. The highest BCUT2D eigenvalue weighted by Gasteiger charge is 2.17. The summed E-state index contributed by atoms with van der Waals surface area (Å²) in [5.41, 5.74) is 3.78. The predicted octanol–water partition coefficient (Wildman–Crippen LogP) is 2.50. The molecule has 29 heavy (non-hydrogen) atoms. The quantitative estimate of drug-likeness (QED) is 0.628. The molecule has 146 valence electrons. The van der Waals surface area contributed by atoms with Gasteiger partial charge in [0.25, 0.3) is 0 Å². The normalized spacial score (nSPS) is 15.1. The summed E-state index contributed by atoms with van der Waals surface area (Å²) >= 11 is 0. The number of aromatic amines is 1. The van der Waals surface area contributed by atoms with Crippen molar-refractivity contribution in [3.05, 3.63) is 72.2 Å². The van der Waals surface area contributed by atoms with Crippen LogP contribution in [0.5, 0.6) is 0 Å². The van der Waals surface area contributed by atoms with Crippen LogP contribution < -0.4 is 10.2 Å². The van der Waals surface area contributed by atoms with Crippen LogP contribution in [0.15, 0.2) is 60.8 Å². The average Bonchev–Trinajstić information content (AvgIpc) is 3.31. The first kappa shape index (κ1) is 18.7. The second-order valence-corrected chi connectivity index (χ2v) is 6.85. The monoisotopic (exact) mass is 386 g/mol. The highest BCUT2D eigenvalue weighted by Crippen LogP contribution is 2.20. The van der Waals surface area contributed by atoms with Crippen molar-refractivity contribution >= 4 is 16.9 Å². The van der Waals surface area contributed by atoms with Crippen molar-refractivity contribution in [2.45, 2.75) is 6.54 Å². The number of rotatable bonds is 6. The van der Waals surface area contributed by atoms with Crippen LogP contribution in [0, 0.1) is 11.3 Å². The lowest BCUT2D eigenvalue weighted by molar-refractivity contribution is 0.250. The van der Waals surface area contributed by atoms with Gasteiger partial charge in [0.1, 0.15) is 11.6 Å². The van der Waals surface area contributed by atoms with Gasteiger partial charge in [0.05, 0.1) is 0 Å². The molecule has 0 atom stereocenters. The summed E-state index contributed by atoms with van der Waals surface area (Å²) in [7, 11) is 0. The Bertz CT molecular complexity index is 966. The Balaban J connectivity index is 1.31. The summed E-state index contributed by atoms with van der Waals surface area (Å²) in [5.74, 6) is 0.269. The molecule has 0 unspecified atom stereocenters. The van der Waals surface area contributed by atoms with E-state index in [2.05, 4.69) is 84.3 Å². The summed E-state index contributed by atoms with van der Waals surface area (Å²) < 4.78 is 0. The van der Waals surface area contributed by atoms with E-state index in [9.17, 15) is 5.26 Å². The van der Waals surface area contributed by atoms with Crippen LogP contribution in [-0.4, -0.2) is 51.7 Å². The fourth-order valence-corrected chi connectivity index (χ4v) is 3.35. The molecule has 1 aliphatic rings. The molecule has 0 bridgehead atoms. The molecule has 0 amide bonds. The smallest absolute Gasteiger partial charge is 0.216 e. The number of nitriles is 1. The molecule has 0 saturated carbocycles. The zero-order valence-electron chi connectivity index (χ0n) is 16.0. The topological polar surface area (TPSA) is 96.8 Å². The van der Waals surface area contributed by atoms with Crippen molar-refractivity contribution in [1.82, 2.24) is 25.5 Å². The molecule has 0 radical (unpaired) electrons. The van der Waals surface area contributed by atoms with E-state index in [0.29, 0.717) is 5.57 Å². The Hall–Kier alpha value is -3.70. The van der Waals surface area contributed by atoms with Crippen LogP contribution in [0.2, 0.25) is 0 Å². The van der Waals surface area contributed by atoms with Gasteiger partial charge in [-0.05, 0) is 35.0 Å². The minimum atomic E-state index is 0.269. The van der Waals surface area contributed by atoms with Gasteiger partial charge in [0.15, 0.2) is 0 Å². The number of hydrogen-bond acceptors (Lipinski definition) is 7. The number of allylic oxidation sites excluding steroid dienone is 1. The summed E-state index contributed by atoms with van der Waals surface area (Å²) in [5, 5.41) is 25.8. The van der Waals surface area contributed by atoms with Gasteiger partial charge in [-0.1, -0.05) is 30.3 Å². The lowest BCUT2D eigenvalue weighted by atomic mass is 10.2. The molecule has 1 aromatic heterocycles. The Morgan fingerprint density at radius 2 is 1.83 bits per heavy atom. The summed E-state index contributed by atoms with van der Waals surface area (Å²) in [6.07, 6.45) is 1.59. The van der Waals surface area contributed by atoms with Gasteiger partial charge in [-0.25, -0.2) is 0 Å². The molecule has 2 N–H and O–H groups in total. The number of aromatic nitrogens is 4. The number of hydrogen-bond donors (Lipinski definition) is 2. The number of H-pyrrole nitrogens is 1. The van der Waals surface area contributed by atoms with E-state index < -0.39 is 0 Å². The fourth-order valence-electron chi connectivity index (χ4n) is 3.35. The maximum Gasteiger partial charge on any atom is 0.216 e. The van der Waals surface area contributed by atoms with Gasteiger partial charge in [-0.15, -0.1) is 10.2 Å². The largest absolute Gasteiger partial charge is 0.369 e. The highest BCUT2D eigenvalue weighted by atomic mass is 15.5. The minimum Gasteiger partial charge on any atom is -0.369 e. The van der Waals surface area contributed by atoms with Crippen LogP contribution in [0.4, 0.5) is 11.4 Å². The van der Waals surface area contributed by atoms with Gasteiger partial charge in [-0.3, -0.25) is 4.90 Å². The zero-order chi connectivity index (χ0) is 19.9. The maximum absolute atomic E-state index is 9.21. The Morgan fingerprint density at radius 3 is 2.48 bits per heavy atom. The van der Waals surface area contributed by atoms with E-state index in [-0.39, 0.29) is 5.82 Å². The van der Waals surface area contributed by atoms with Crippen LogP contribution >= 0.6 is 0 Å². The maximum atomic E-state index is 9.21. The van der Waals surface area contributed by atoms with Gasteiger partial charge in [-0.2, -0.15) is 10.5 Å². The van der Waals surface area contributed by atoms with E-state index in [4.69, 9.17) is 0 Å². The molecular weight excluding hydrogens is 364 g/mol. The van der Waals surface area contributed by atoms with Gasteiger partial charge in [0.2, 0.25) is 5.82 Å². The van der Waals surface area contributed by atoms with Gasteiger partial charge < -0.3 is 10.2 Å². The van der Waals surface area contributed by atoms with Crippen molar-refractivity contribution in [3.8, 4) is 6.07 Å². The van der Waals surface area contributed by atoms with Crippen molar-refractivity contribution in [2.24, 2.45) is 0 Å². The molecule has 0 aliphatic carbocycles. The highest BCUT2D eigenvalue weighted by molar-refractivity contribution is 5.74. The van der Waals surface area contributed by atoms with Crippen LogP contribution in [0.3, 0.4) is 0 Å². The molecule has 1 aliphatic heterocycles. The van der Waals surface area contributed by atoms with E-state index in [1.165, 1.54) is 11.3 Å². The number of anilines is 2. The third-order valence-corrected chi connectivity index (χ3v) is 4.94. The van der Waals surface area contributed by atoms with Crippen molar-refractivity contribution < 1.29 is 0 Å². The molecule has 1 saturated heterocycles. The first-order chi connectivity index (χ1) is 14.3.